The van der Waals surface area contributed by atoms with Gasteiger partial charge in [-0.25, -0.2) is 17.2 Å². The van der Waals surface area contributed by atoms with Crippen LogP contribution >= 0.6 is 11.6 Å². The lowest BCUT2D eigenvalue weighted by Gasteiger charge is -2.43. The van der Waals surface area contributed by atoms with Crippen LogP contribution in [0.1, 0.15) is 31.2 Å². The molecule has 1 heterocycles. The molecule has 0 aromatic heterocycles. The highest BCUT2D eigenvalue weighted by Crippen LogP contribution is 2.55. The molecular weight excluding hydrogens is 408 g/mol. The molecule has 2 aromatic carbocycles. The van der Waals surface area contributed by atoms with Gasteiger partial charge >= 0.3 is 0 Å². The van der Waals surface area contributed by atoms with Crippen LogP contribution in [0, 0.1) is 17.6 Å². The van der Waals surface area contributed by atoms with Gasteiger partial charge in [-0.05, 0) is 62.1 Å². The van der Waals surface area contributed by atoms with E-state index in [1.165, 1.54) is 24.3 Å². The highest BCUT2D eigenvalue weighted by atomic mass is 35.5. The van der Waals surface area contributed by atoms with Crippen molar-refractivity contribution in [3.63, 3.8) is 0 Å². The molecule has 0 bridgehead atoms. The summed E-state index contributed by atoms with van der Waals surface area (Å²) in [6, 6.07) is 7.48. The topological polar surface area (TPSA) is 69.4 Å². The summed E-state index contributed by atoms with van der Waals surface area (Å²) >= 11 is 5.91. The molecular formula is C20H20ClF2NO3S. The zero-order valence-corrected chi connectivity index (χ0v) is 16.6. The van der Waals surface area contributed by atoms with E-state index in [1.807, 2.05) is 0 Å². The van der Waals surface area contributed by atoms with Crippen molar-refractivity contribution in [2.24, 2.45) is 11.7 Å². The molecule has 2 N–H and O–H groups in total. The average molecular weight is 428 g/mol. The summed E-state index contributed by atoms with van der Waals surface area (Å²) in [6.07, 6.45) is 1.53. The summed E-state index contributed by atoms with van der Waals surface area (Å²) in [5, 5.41) is 0.389. The minimum Gasteiger partial charge on any atom is -0.490 e. The van der Waals surface area contributed by atoms with Crippen LogP contribution < -0.4 is 10.5 Å². The number of hydrogen-bond acceptors (Lipinski definition) is 4. The second-order valence-electron chi connectivity index (χ2n) is 7.46. The van der Waals surface area contributed by atoms with Gasteiger partial charge in [-0.15, -0.1) is 0 Å². The monoisotopic (exact) mass is 427 g/mol. The predicted molar refractivity (Wildman–Crippen MR) is 102 cm³/mol. The van der Waals surface area contributed by atoms with Gasteiger partial charge in [-0.2, -0.15) is 0 Å². The molecule has 4 nitrogen and oxygen atoms in total. The standard InChI is InChI=1S/C20H20ClF2NO3S/c21-13-2-5-15(6-3-13)28(25,26)20-10-9-14(24)4-1-12(20)11-27-19-17(23)8-7-16(22)18(19)20/h2-3,5-8,12,14H,1,4,9-11,24H2/t12?,14-,20+/m0/s1. The summed E-state index contributed by atoms with van der Waals surface area (Å²) in [5.74, 6) is -2.40. The maximum absolute atomic E-state index is 15.0. The molecule has 0 radical (unpaired) electrons. The number of benzene rings is 2. The smallest absolute Gasteiger partial charge is 0.188 e. The van der Waals surface area contributed by atoms with Gasteiger partial charge in [0.25, 0.3) is 0 Å². The van der Waals surface area contributed by atoms with Crippen molar-refractivity contribution in [3.8, 4) is 5.75 Å². The maximum atomic E-state index is 15.0. The third-order valence-electron chi connectivity index (χ3n) is 5.95. The molecule has 0 saturated heterocycles. The van der Waals surface area contributed by atoms with Gasteiger partial charge in [-0.1, -0.05) is 11.6 Å². The van der Waals surface area contributed by atoms with Gasteiger partial charge in [0.2, 0.25) is 0 Å². The zero-order chi connectivity index (χ0) is 20.1. The Morgan fingerprint density at radius 2 is 1.71 bits per heavy atom. The number of fused-ring (bicyclic) bond motifs is 3. The second kappa shape index (κ2) is 6.97. The number of ether oxygens (including phenoxy) is 1. The lowest BCUT2D eigenvalue weighted by atomic mass is 9.79. The number of rotatable bonds is 2. The van der Waals surface area contributed by atoms with Gasteiger partial charge in [-0.3, -0.25) is 0 Å². The van der Waals surface area contributed by atoms with Crippen molar-refractivity contribution < 1.29 is 21.9 Å². The van der Waals surface area contributed by atoms with Crippen molar-refractivity contribution in [2.75, 3.05) is 6.61 Å². The molecule has 4 rings (SSSR count). The Morgan fingerprint density at radius 1 is 1.04 bits per heavy atom. The van der Waals surface area contributed by atoms with Crippen molar-refractivity contribution >= 4 is 21.4 Å². The Bertz CT molecular complexity index is 1010. The number of nitrogens with two attached hydrogens (primary N) is 1. The first-order valence-corrected chi connectivity index (χ1v) is 11.0. The molecule has 28 heavy (non-hydrogen) atoms. The molecule has 3 atom stereocenters. The average Bonchev–Trinajstić information content (AvgIpc) is 2.85. The molecule has 1 aliphatic heterocycles. The van der Waals surface area contributed by atoms with Gasteiger partial charge in [0, 0.05) is 17.0 Å². The summed E-state index contributed by atoms with van der Waals surface area (Å²) in [7, 11) is -4.10. The fourth-order valence-corrected chi connectivity index (χ4v) is 7.02. The largest absolute Gasteiger partial charge is 0.490 e. The van der Waals surface area contributed by atoms with Crippen LogP contribution in [0.2, 0.25) is 5.02 Å². The van der Waals surface area contributed by atoms with E-state index < -0.39 is 32.1 Å². The third-order valence-corrected chi connectivity index (χ3v) is 8.79. The zero-order valence-electron chi connectivity index (χ0n) is 15.0. The molecule has 1 aliphatic carbocycles. The van der Waals surface area contributed by atoms with Crippen LogP contribution in [-0.4, -0.2) is 21.1 Å². The van der Waals surface area contributed by atoms with Gasteiger partial charge in [0.1, 0.15) is 10.6 Å². The lowest BCUT2D eigenvalue weighted by molar-refractivity contribution is 0.153. The van der Waals surface area contributed by atoms with Crippen LogP contribution in [0.25, 0.3) is 0 Å². The molecule has 8 heteroatoms. The van der Waals surface area contributed by atoms with Crippen molar-refractivity contribution in [2.45, 2.75) is 41.4 Å². The van der Waals surface area contributed by atoms with E-state index in [-0.39, 0.29) is 35.3 Å². The number of halogens is 3. The van der Waals surface area contributed by atoms with Gasteiger partial charge < -0.3 is 10.5 Å². The van der Waals surface area contributed by atoms with Crippen LogP contribution in [-0.2, 0) is 14.6 Å². The highest BCUT2D eigenvalue weighted by Gasteiger charge is 2.58. The molecule has 2 aliphatic rings. The Balaban J connectivity index is 2.03. The summed E-state index contributed by atoms with van der Waals surface area (Å²) < 4.78 is 61.2. The van der Waals surface area contributed by atoms with E-state index in [9.17, 15) is 12.8 Å². The third kappa shape index (κ3) is 2.83. The van der Waals surface area contributed by atoms with Crippen LogP contribution in [0.15, 0.2) is 41.3 Å². The Hall–Kier alpha value is -1.70. The molecule has 0 amide bonds. The van der Waals surface area contributed by atoms with Crippen LogP contribution in [0.4, 0.5) is 8.78 Å². The fourth-order valence-electron chi connectivity index (χ4n) is 4.51. The van der Waals surface area contributed by atoms with Crippen molar-refractivity contribution in [3.05, 3.63) is 58.6 Å². The molecule has 1 fully saturated rings. The van der Waals surface area contributed by atoms with E-state index in [4.69, 9.17) is 22.1 Å². The molecule has 0 spiro atoms. The van der Waals surface area contributed by atoms with E-state index in [0.29, 0.717) is 24.3 Å². The summed E-state index contributed by atoms with van der Waals surface area (Å²) in [6.45, 7) is -0.00703. The first-order chi connectivity index (χ1) is 13.3. The Morgan fingerprint density at radius 3 is 2.43 bits per heavy atom. The fraction of sp³-hybridized carbons (Fsp3) is 0.400. The Kier molecular flexibility index (Phi) is 4.88. The first-order valence-electron chi connectivity index (χ1n) is 9.14. The minimum absolute atomic E-state index is 0.00703. The summed E-state index contributed by atoms with van der Waals surface area (Å²) in [5.41, 5.74) is 5.90. The van der Waals surface area contributed by atoms with E-state index in [2.05, 4.69) is 0 Å². The van der Waals surface area contributed by atoms with E-state index in [0.717, 1.165) is 12.1 Å². The molecule has 1 saturated carbocycles. The minimum atomic E-state index is -4.10. The lowest BCUT2D eigenvalue weighted by Crippen LogP contribution is -2.48. The first kappa shape index (κ1) is 19.6. The van der Waals surface area contributed by atoms with Crippen molar-refractivity contribution in [1.82, 2.24) is 0 Å². The quantitative estimate of drug-likeness (QED) is 0.779. The van der Waals surface area contributed by atoms with Gasteiger partial charge in [0.05, 0.1) is 17.1 Å². The molecule has 1 unspecified atom stereocenters. The predicted octanol–water partition coefficient (Wildman–Crippen LogP) is 4.20. The number of hydrogen-bond donors (Lipinski definition) is 1. The highest BCUT2D eigenvalue weighted by molar-refractivity contribution is 7.92. The van der Waals surface area contributed by atoms with Crippen LogP contribution in [0.5, 0.6) is 5.75 Å². The van der Waals surface area contributed by atoms with E-state index in [1.54, 1.807) is 0 Å². The number of sulfone groups is 1. The molecule has 150 valence electrons. The Labute approximate surface area is 167 Å². The SMILES string of the molecule is N[C@H]1CCC2COc3c(F)ccc(F)c3[C@@]2(S(=O)(=O)c2ccc(Cl)cc2)CC1. The van der Waals surface area contributed by atoms with Crippen LogP contribution in [0.3, 0.4) is 0 Å². The molecule has 2 aromatic rings. The maximum Gasteiger partial charge on any atom is 0.188 e. The normalized spacial score (nSPS) is 27.3. The van der Waals surface area contributed by atoms with E-state index >= 15 is 4.39 Å². The van der Waals surface area contributed by atoms with Crippen molar-refractivity contribution in [1.29, 1.82) is 0 Å². The van der Waals surface area contributed by atoms with Gasteiger partial charge in [0.15, 0.2) is 21.4 Å². The second-order valence-corrected chi connectivity index (χ2v) is 10.1. The summed E-state index contributed by atoms with van der Waals surface area (Å²) in [4.78, 5) is 0.0221.